The minimum atomic E-state index is -0.665. The summed E-state index contributed by atoms with van der Waals surface area (Å²) in [7, 11) is 0. The molecule has 168 valence electrons. The van der Waals surface area contributed by atoms with Crippen LogP contribution in [-0.2, 0) is 16.9 Å². The van der Waals surface area contributed by atoms with Crippen molar-refractivity contribution in [3.63, 3.8) is 0 Å². The molecule has 0 saturated heterocycles. The molecular weight excluding hydrogens is 471 g/mol. The first kappa shape index (κ1) is 22.5. The van der Waals surface area contributed by atoms with Gasteiger partial charge in [0.05, 0.1) is 9.86 Å². The van der Waals surface area contributed by atoms with Crippen LogP contribution in [0.2, 0.25) is 0 Å². The van der Waals surface area contributed by atoms with Crippen molar-refractivity contribution in [1.29, 1.82) is 0 Å². The molecule has 1 aliphatic heterocycles. The number of aromatic nitrogens is 2. The standard InChI is InChI=1S/C25H28BrFN4O/c1-16-6-12-19(13-7-16)28-21-20(17-8-10-18(27)11-9-17)29-22-25(4,5)31(15-14-30(21)22)23(32)24(2,3)26/h6-13,28H,14-15H2,1-5H3. The highest BCUT2D eigenvalue weighted by molar-refractivity contribution is 9.10. The summed E-state index contributed by atoms with van der Waals surface area (Å²) < 4.78 is 15.1. The number of carbonyl (C=O) groups is 1. The second kappa shape index (κ2) is 8.03. The van der Waals surface area contributed by atoms with Crippen molar-refractivity contribution in [2.45, 2.75) is 51.0 Å². The van der Waals surface area contributed by atoms with E-state index in [0.29, 0.717) is 13.1 Å². The number of alkyl halides is 1. The van der Waals surface area contributed by atoms with Crippen molar-refractivity contribution < 1.29 is 9.18 Å². The quantitative estimate of drug-likeness (QED) is 0.449. The number of rotatable bonds is 4. The van der Waals surface area contributed by atoms with Crippen LogP contribution in [0.4, 0.5) is 15.9 Å². The van der Waals surface area contributed by atoms with Gasteiger partial charge >= 0.3 is 0 Å². The zero-order valence-corrected chi connectivity index (χ0v) is 20.6. The Morgan fingerprint density at radius 3 is 2.31 bits per heavy atom. The molecular formula is C25H28BrFN4O. The highest BCUT2D eigenvalue weighted by Crippen LogP contribution is 2.40. The molecule has 1 amide bonds. The summed E-state index contributed by atoms with van der Waals surface area (Å²) in [4.78, 5) is 20.0. The van der Waals surface area contributed by atoms with Crippen LogP contribution in [0.15, 0.2) is 48.5 Å². The van der Waals surface area contributed by atoms with Gasteiger partial charge in [-0.2, -0.15) is 0 Å². The second-order valence-electron chi connectivity index (χ2n) is 9.27. The first-order chi connectivity index (χ1) is 15.0. The summed E-state index contributed by atoms with van der Waals surface area (Å²) in [6.07, 6.45) is 0. The lowest BCUT2D eigenvalue weighted by molar-refractivity contribution is -0.140. The summed E-state index contributed by atoms with van der Waals surface area (Å²) in [6.45, 7) is 11.0. The second-order valence-corrected chi connectivity index (χ2v) is 11.3. The van der Waals surface area contributed by atoms with Crippen molar-refractivity contribution in [2.75, 3.05) is 11.9 Å². The molecule has 4 rings (SSSR count). The molecule has 0 atom stereocenters. The minimum Gasteiger partial charge on any atom is -0.340 e. The van der Waals surface area contributed by atoms with Gasteiger partial charge in [-0.15, -0.1) is 0 Å². The lowest BCUT2D eigenvalue weighted by Crippen LogP contribution is -2.56. The maximum absolute atomic E-state index is 13.6. The van der Waals surface area contributed by atoms with Crippen molar-refractivity contribution in [1.82, 2.24) is 14.5 Å². The largest absolute Gasteiger partial charge is 0.340 e. The Balaban J connectivity index is 1.84. The van der Waals surface area contributed by atoms with Gasteiger partial charge in [0.2, 0.25) is 5.91 Å². The third-order valence-electron chi connectivity index (χ3n) is 5.92. The predicted octanol–water partition coefficient (Wildman–Crippen LogP) is 5.99. The van der Waals surface area contributed by atoms with Gasteiger partial charge in [-0.3, -0.25) is 4.79 Å². The van der Waals surface area contributed by atoms with Crippen LogP contribution in [0.3, 0.4) is 0 Å². The lowest BCUT2D eigenvalue weighted by atomic mass is 9.97. The molecule has 0 spiro atoms. The summed E-state index contributed by atoms with van der Waals surface area (Å²) in [6, 6.07) is 14.5. The number of carbonyl (C=O) groups excluding carboxylic acids is 1. The van der Waals surface area contributed by atoms with Crippen LogP contribution < -0.4 is 5.32 Å². The average Bonchev–Trinajstić information content (AvgIpc) is 3.09. The Hall–Kier alpha value is -2.67. The maximum Gasteiger partial charge on any atom is 0.239 e. The number of halogens is 2. The zero-order valence-electron chi connectivity index (χ0n) is 19.0. The number of hydrogen-bond donors (Lipinski definition) is 1. The van der Waals surface area contributed by atoms with E-state index in [2.05, 4.69) is 37.9 Å². The van der Waals surface area contributed by atoms with Gasteiger partial charge in [-0.1, -0.05) is 33.6 Å². The third kappa shape index (κ3) is 4.06. The summed E-state index contributed by atoms with van der Waals surface area (Å²) >= 11 is 3.52. The normalized spacial score (nSPS) is 15.4. The fourth-order valence-corrected chi connectivity index (χ4v) is 4.34. The van der Waals surface area contributed by atoms with Crippen LogP contribution in [0.1, 0.15) is 39.1 Å². The van der Waals surface area contributed by atoms with Crippen LogP contribution in [0.5, 0.6) is 0 Å². The van der Waals surface area contributed by atoms with E-state index in [4.69, 9.17) is 4.98 Å². The van der Waals surface area contributed by atoms with Crippen molar-refractivity contribution >= 4 is 33.3 Å². The molecule has 2 heterocycles. The van der Waals surface area contributed by atoms with E-state index in [9.17, 15) is 9.18 Å². The fourth-order valence-electron chi connectivity index (χ4n) is 4.12. The SMILES string of the molecule is Cc1ccc(Nc2c(-c3ccc(F)cc3)nc3n2CCN(C(=O)C(C)(C)Br)C3(C)C)cc1. The van der Waals surface area contributed by atoms with Crippen molar-refractivity contribution in [3.8, 4) is 11.3 Å². The zero-order chi connectivity index (χ0) is 23.3. The number of benzene rings is 2. The molecule has 1 aliphatic rings. The Bertz CT molecular complexity index is 1140. The molecule has 2 aromatic carbocycles. The van der Waals surface area contributed by atoms with Gasteiger partial charge in [-0.25, -0.2) is 9.37 Å². The molecule has 1 N–H and O–H groups in total. The van der Waals surface area contributed by atoms with E-state index in [1.54, 1.807) is 12.1 Å². The summed E-state index contributed by atoms with van der Waals surface area (Å²) in [5, 5.41) is 3.53. The number of imidazole rings is 1. The maximum atomic E-state index is 13.6. The molecule has 0 unspecified atom stereocenters. The molecule has 5 nitrogen and oxygen atoms in total. The predicted molar refractivity (Wildman–Crippen MR) is 130 cm³/mol. The first-order valence-corrected chi connectivity index (χ1v) is 11.5. The molecule has 32 heavy (non-hydrogen) atoms. The number of amides is 1. The van der Waals surface area contributed by atoms with Gasteiger partial charge in [0.15, 0.2) is 0 Å². The lowest BCUT2D eigenvalue weighted by Gasteiger charge is -2.44. The third-order valence-corrected chi connectivity index (χ3v) is 6.26. The molecule has 0 radical (unpaired) electrons. The van der Waals surface area contributed by atoms with E-state index < -0.39 is 9.86 Å². The highest BCUT2D eigenvalue weighted by Gasteiger charge is 2.44. The molecule has 3 aromatic rings. The number of nitrogens with zero attached hydrogens (tertiary/aromatic N) is 3. The smallest absolute Gasteiger partial charge is 0.239 e. The summed E-state index contributed by atoms with van der Waals surface area (Å²) in [5.74, 6) is 1.37. The van der Waals surface area contributed by atoms with E-state index in [1.165, 1.54) is 17.7 Å². The van der Waals surface area contributed by atoms with Gasteiger partial charge in [0, 0.05) is 24.3 Å². The van der Waals surface area contributed by atoms with Crippen LogP contribution in [0.25, 0.3) is 11.3 Å². The van der Waals surface area contributed by atoms with Gasteiger partial charge in [-0.05, 0) is 71.0 Å². The van der Waals surface area contributed by atoms with Gasteiger partial charge in [0.25, 0.3) is 0 Å². The monoisotopic (exact) mass is 498 g/mol. The van der Waals surface area contributed by atoms with E-state index in [1.807, 2.05) is 51.7 Å². The van der Waals surface area contributed by atoms with E-state index in [-0.39, 0.29) is 11.7 Å². The fraction of sp³-hybridized carbons (Fsp3) is 0.360. The highest BCUT2D eigenvalue weighted by atomic mass is 79.9. The Labute approximate surface area is 196 Å². The number of hydrogen-bond acceptors (Lipinski definition) is 3. The average molecular weight is 499 g/mol. The first-order valence-electron chi connectivity index (χ1n) is 10.7. The van der Waals surface area contributed by atoms with Crippen LogP contribution in [-0.4, -0.2) is 31.2 Å². The molecule has 0 fully saturated rings. The number of fused-ring (bicyclic) bond motifs is 1. The Kier molecular flexibility index (Phi) is 5.65. The van der Waals surface area contributed by atoms with Crippen LogP contribution in [0, 0.1) is 12.7 Å². The van der Waals surface area contributed by atoms with E-state index >= 15 is 0 Å². The van der Waals surface area contributed by atoms with Crippen molar-refractivity contribution in [2.24, 2.45) is 0 Å². The molecule has 0 aliphatic carbocycles. The Morgan fingerprint density at radius 1 is 1.09 bits per heavy atom. The molecule has 0 bridgehead atoms. The number of aryl methyl sites for hydroxylation is 1. The number of nitrogens with one attached hydrogen (secondary N) is 1. The van der Waals surface area contributed by atoms with E-state index in [0.717, 1.165) is 28.6 Å². The van der Waals surface area contributed by atoms with Crippen molar-refractivity contribution in [3.05, 3.63) is 65.7 Å². The topological polar surface area (TPSA) is 50.2 Å². The summed E-state index contributed by atoms with van der Waals surface area (Å²) in [5.41, 5.74) is 3.05. The number of anilines is 2. The van der Waals surface area contributed by atoms with Crippen LogP contribution >= 0.6 is 15.9 Å². The minimum absolute atomic E-state index is 0.0214. The molecule has 7 heteroatoms. The molecule has 0 saturated carbocycles. The Morgan fingerprint density at radius 2 is 1.72 bits per heavy atom. The van der Waals surface area contributed by atoms with Gasteiger partial charge in [0.1, 0.15) is 23.2 Å². The van der Waals surface area contributed by atoms with Gasteiger partial charge < -0.3 is 14.8 Å². The molecule has 1 aromatic heterocycles.